The Balaban J connectivity index is 1.69. The van der Waals surface area contributed by atoms with Crippen molar-refractivity contribution in [2.75, 3.05) is 36.5 Å². The second-order valence-electron chi connectivity index (χ2n) is 7.63. The predicted molar refractivity (Wildman–Crippen MR) is 109 cm³/mol. The number of aromatic nitrogens is 2. The molecule has 7 heteroatoms. The fourth-order valence-corrected chi connectivity index (χ4v) is 4.03. The average Bonchev–Trinajstić information content (AvgIpc) is 3.14. The highest BCUT2D eigenvalue weighted by Gasteiger charge is 2.29. The normalized spacial score (nSPS) is 18.9. The van der Waals surface area contributed by atoms with Crippen molar-refractivity contribution in [2.45, 2.75) is 39.2 Å². The molecule has 1 aromatic carbocycles. The van der Waals surface area contributed by atoms with Gasteiger partial charge in [-0.15, -0.1) is 0 Å². The summed E-state index contributed by atoms with van der Waals surface area (Å²) in [4.78, 5) is 26.5. The Morgan fingerprint density at radius 2 is 2.07 bits per heavy atom. The summed E-state index contributed by atoms with van der Waals surface area (Å²) >= 11 is 0. The first-order valence-electron chi connectivity index (χ1n) is 9.82. The Morgan fingerprint density at radius 1 is 1.25 bits per heavy atom. The van der Waals surface area contributed by atoms with E-state index >= 15 is 0 Å². The number of nitrogens with zero attached hydrogens (tertiary/aromatic N) is 4. The van der Waals surface area contributed by atoms with Crippen LogP contribution in [0.4, 0.5) is 11.5 Å². The zero-order valence-electron chi connectivity index (χ0n) is 16.7. The molecule has 28 heavy (non-hydrogen) atoms. The maximum atomic E-state index is 13.3. The van der Waals surface area contributed by atoms with Gasteiger partial charge in [0, 0.05) is 42.6 Å². The van der Waals surface area contributed by atoms with Gasteiger partial charge in [0.05, 0.1) is 7.11 Å². The van der Waals surface area contributed by atoms with Crippen molar-refractivity contribution in [1.82, 2.24) is 9.97 Å². The van der Waals surface area contributed by atoms with Crippen LogP contribution in [-0.4, -0.2) is 48.7 Å². The van der Waals surface area contributed by atoms with E-state index in [0.29, 0.717) is 6.54 Å². The van der Waals surface area contributed by atoms with Crippen LogP contribution in [0, 0.1) is 13.8 Å². The van der Waals surface area contributed by atoms with Crippen LogP contribution in [0.2, 0.25) is 0 Å². The number of carbonyl (C=O) groups is 1. The van der Waals surface area contributed by atoms with E-state index < -0.39 is 0 Å². The highest BCUT2D eigenvalue weighted by molar-refractivity contribution is 6.04. The standard InChI is InChI=1S/C21H27N5O2/c1-13-14(2)23-19(24-20(13)25-10-8-16(22)12-25)21(27)26-9-4-5-15-11-17(28-3)6-7-18(15)26/h6-7,11,16H,4-5,8-10,12,22H2,1-3H3/t16-/m1/s1. The number of fused-ring (bicyclic) bond motifs is 1. The van der Waals surface area contributed by atoms with Gasteiger partial charge in [-0.1, -0.05) is 0 Å². The van der Waals surface area contributed by atoms with E-state index in [4.69, 9.17) is 10.5 Å². The first-order valence-corrected chi connectivity index (χ1v) is 9.82. The summed E-state index contributed by atoms with van der Waals surface area (Å²) < 4.78 is 5.33. The van der Waals surface area contributed by atoms with Gasteiger partial charge in [-0.25, -0.2) is 9.97 Å². The fourth-order valence-electron chi connectivity index (χ4n) is 4.03. The van der Waals surface area contributed by atoms with E-state index in [1.54, 1.807) is 12.0 Å². The van der Waals surface area contributed by atoms with Gasteiger partial charge in [-0.3, -0.25) is 4.79 Å². The molecule has 2 N–H and O–H groups in total. The second-order valence-corrected chi connectivity index (χ2v) is 7.63. The Kier molecular flexibility index (Phi) is 4.93. The van der Waals surface area contributed by atoms with Gasteiger partial charge in [0.2, 0.25) is 5.82 Å². The van der Waals surface area contributed by atoms with Gasteiger partial charge in [0.1, 0.15) is 11.6 Å². The lowest BCUT2D eigenvalue weighted by Gasteiger charge is -2.29. The highest BCUT2D eigenvalue weighted by atomic mass is 16.5. The molecule has 1 aromatic heterocycles. The summed E-state index contributed by atoms with van der Waals surface area (Å²) in [7, 11) is 1.65. The predicted octanol–water partition coefficient (Wildman–Crippen LogP) is 2.23. The summed E-state index contributed by atoms with van der Waals surface area (Å²) in [6, 6.07) is 6.00. The van der Waals surface area contributed by atoms with Crippen LogP contribution in [0.3, 0.4) is 0 Å². The molecule has 1 atom stereocenters. The van der Waals surface area contributed by atoms with Crippen LogP contribution >= 0.6 is 0 Å². The number of amides is 1. The molecular weight excluding hydrogens is 354 g/mol. The molecule has 1 saturated heterocycles. The SMILES string of the molecule is COc1ccc2c(c1)CCCN2C(=O)c1nc(C)c(C)c(N2CC[C@@H](N)C2)n1. The molecule has 0 bridgehead atoms. The Morgan fingerprint density at radius 3 is 2.79 bits per heavy atom. The minimum atomic E-state index is -0.154. The third-order valence-corrected chi connectivity index (χ3v) is 5.73. The number of methoxy groups -OCH3 is 1. The summed E-state index contributed by atoms with van der Waals surface area (Å²) in [5.74, 6) is 1.74. The van der Waals surface area contributed by atoms with Gasteiger partial charge in [-0.05, 0) is 56.9 Å². The van der Waals surface area contributed by atoms with E-state index in [9.17, 15) is 4.79 Å². The second kappa shape index (κ2) is 7.39. The van der Waals surface area contributed by atoms with Gasteiger partial charge in [0.15, 0.2) is 0 Å². The Labute approximate surface area is 165 Å². The highest BCUT2D eigenvalue weighted by Crippen LogP contribution is 2.32. The average molecular weight is 381 g/mol. The molecule has 0 unspecified atom stereocenters. The first kappa shape index (κ1) is 18.7. The zero-order chi connectivity index (χ0) is 19.8. The largest absolute Gasteiger partial charge is 0.497 e. The molecule has 148 valence electrons. The van der Waals surface area contributed by atoms with Gasteiger partial charge in [0.25, 0.3) is 5.91 Å². The lowest BCUT2D eigenvalue weighted by Crippen LogP contribution is -2.37. The number of carbonyl (C=O) groups excluding carboxylic acids is 1. The Bertz CT molecular complexity index is 914. The van der Waals surface area contributed by atoms with Gasteiger partial charge in [-0.2, -0.15) is 0 Å². The summed E-state index contributed by atoms with van der Waals surface area (Å²) in [6.07, 6.45) is 2.78. The van der Waals surface area contributed by atoms with Crippen molar-refractivity contribution in [3.05, 3.63) is 40.8 Å². The van der Waals surface area contributed by atoms with Crippen molar-refractivity contribution in [1.29, 1.82) is 0 Å². The van der Waals surface area contributed by atoms with E-state index in [2.05, 4.69) is 14.9 Å². The maximum absolute atomic E-state index is 13.3. The smallest absolute Gasteiger partial charge is 0.296 e. The molecule has 2 aliphatic heterocycles. The molecule has 3 heterocycles. The first-order chi connectivity index (χ1) is 13.5. The lowest BCUT2D eigenvalue weighted by atomic mass is 10.0. The number of hydrogen-bond donors (Lipinski definition) is 1. The molecule has 4 rings (SSSR count). The van der Waals surface area contributed by atoms with Crippen molar-refractivity contribution in [2.24, 2.45) is 5.73 Å². The maximum Gasteiger partial charge on any atom is 0.296 e. The van der Waals surface area contributed by atoms with Crippen LogP contribution in [0.25, 0.3) is 0 Å². The number of nitrogens with two attached hydrogens (primary N) is 1. The summed E-state index contributed by atoms with van der Waals surface area (Å²) in [6.45, 7) is 6.22. The third-order valence-electron chi connectivity index (χ3n) is 5.73. The molecule has 0 spiro atoms. The number of anilines is 2. The van der Waals surface area contributed by atoms with Gasteiger partial charge < -0.3 is 20.3 Å². The van der Waals surface area contributed by atoms with Crippen molar-refractivity contribution >= 4 is 17.4 Å². The van der Waals surface area contributed by atoms with Gasteiger partial charge >= 0.3 is 0 Å². The molecule has 1 amide bonds. The van der Waals surface area contributed by atoms with Crippen molar-refractivity contribution in [3.8, 4) is 5.75 Å². The summed E-state index contributed by atoms with van der Waals surface area (Å²) in [5.41, 5.74) is 9.95. The van der Waals surface area contributed by atoms with Crippen LogP contribution in [0.1, 0.15) is 40.3 Å². The third kappa shape index (κ3) is 3.30. The zero-order valence-corrected chi connectivity index (χ0v) is 16.7. The number of rotatable bonds is 3. The van der Waals surface area contributed by atoms with E-state index in [1.165, 1.54) is 0 Å². The molecule has 2 aliphatic rings. The van der Waals surface area contributed by atoms with E-state index in [-0.39, 0.29) is 17.8 Å². The molecule has 7 nitrogen and oxygen atoms in total. The summed E-state index contributed by atoms with van der Waals surface area (Å²) in [5, 5.41) is 0. The monoisotopic (exact) mass is 381 g/mol. The Hall–Kier alpha value is -2.67. The van der Waals surface area contributed by atoms with E-state index in [1.807, 2.05) is 32.0 Å². The molecule has 0 aliphatic carbocycles. The van der Waals surface area contributed by atoms with Crippen LogP contribution in [0.15, 0.2) is 18.2 Å². The lowest BCUT2D eigenvalue weighted by molar-refractivity contribution is 0.0975. The molecule has 1 fully saturated rings. The quantitative estimate of drug-likeness (QED) is 0.878. The van der Waals surface area contributed by atoms with Crippen LogP contribution in [0.5, 0.6) is 5.75 Å². The number of hydrogen-bond acceptors (Lipinski definition) is 6. The van der Waals surface area contributed by atoms with Crippen LogP contribution in [-0.2, 0) is 6.42 Å². The minimum absolute atomic E-state index is 0.151. The molecule has 0 saturated carbocycles. The molecule has 2 aromatic rings. The fraction of sp³-hybridized carbons (Fsp3) is 0.476. The topological polar surface area (TPSA) is 84.6 Å². The number of benzene rings is 1. The minimum Gasteiger partial charge on any atom is -0.497 e. The molecule has 0 radical (unpaired) electrons. The number of aryl methyl sites for hydroxylation is 2. The van der Waals surface area contributed by atoms with Crippen molar-refractivity contribution < 1.29 is 9.53 Å². The van der Waals surface area contributed by atoms with Crippen molar-refractivity contribution in [3.63, 3.8) is 0 Å². The van der Waals surface area contributed by atoms with Crippen LogP contribution < -0.4 is 20.3 Å². The van der Waals surface area contributed by atoms with E-state index in [0.717, 1.165) is 66.4 Å². The molecular formula is C21H27N5O2. The number of ether oxygens (including phenoxy) is 1.